The van der Waals surface area contributed by atoms with Gasteiger partial charge >= 0.3 is 18.9 Å². The topological polar surface area (TPSA) is 0 Å². The van der Waals surface area contributed by atoms with Crippen LogP contribution in [-0.4, -0.2) is 6.17 Å². The van der Waals surface area contributed by atoms with Crippen LogP contribution in [0.5, 0.6) is 0 Å². The Balaban J connectivity index is 0.000000319. The van der Waals surface area contributed by atoms with Crippen LogP contribution in [0, 0.1) is 42.5 Å². The van der Waals surface area contributed by atoms with Gasteiger partial charge in [-0.3, -0.25) is 6.58 Å². The fourth-order valence-electron chi connectivity index (χ4n) is 3.46. The van der Waals surface area contributed by atoms with Crippen LogP contribution in [0.2, 0.25) is 0 Å². The van der Waals surface area contributed by atoms with Gasteiger partial charge in [0.05, 0.1) is 6.17 Å². The van der Waals surface area contributed by atoms with Crippen LogP contribution >= 0.6 is 0 Å². The molecule has 0 saturated heterocycles. The Morgan fingerprint density at radius 3 is 2.34 bits per heavy atom. The van der Waals surface area contributed by atoms with Gasteiger partial charge in [-0.25, -0.2) is 8.78 Å². The number of rotatable bonds is 6. The van der Waals surface area contributed by atoms with E-state index < -0.39 is 6.17 Å². The third-order valence-electron chi connectivity index (χ3n) is 6.08. The van der Waals surface area contributed by atoms with Gasteiger partial charge in [-0.1, -0.05) is 68.3 Å². The van der Waals surface area contributed by atoms with Gasteiger partial charge in [0, 0.05) is 5.56 Å². The fourth-order valence-corrected chi connectivity index (χ4v) is 3.46. The van der Waals surface area contributed by atoms with Crippen LogP contribution in [0.15, 0.2) is 55.1 Å². The molecule has 2 saturated carbocycles. The average molecular weight is 386 g/mol. The SMILES string of the molecule is C=[C-]C1CC(F)C1.[CH2-]C1(C(C)[CH-]Cc2cccc(-c3ccccc3)c2F)CC1.[Li+]. The van der Waals surface area contributed by atoms with Gasteiger partial charge in [-0.05, 0) is 24.0 Å². The second-order valence-electron chi connectivity index (χ2n) is 8.21. The molecule has 2 aliphatic rings. The monoisotopic (exact) mass is 386 g/mol. The number of hydrogen-bond acceptors (Lipinski definition) is 0. The molecule has 2 aliphatic carbocycles. The van der Waals surface area contributed by atoms with Crippen molar-refractivity contribution in [2.45, 2.75) is 45.2 Å². The van der Waals surface area contributed by atoms with Crippen LogP contribution in [0.4, 0.5) is 8.78 Å². The first kappa shape index (κ1) is 23.9. The van der Waals surface area contributed by atoms with E-state index >= 15 is 0 Å². The Hall–Kier alpha value is -1.36. The van der Waals surface area contributed by atoms with Crippen molar-refractivity contribution in [3.63, 3.8) is 0 Å². The molecule has 0 heterocycles. The molecule has 0 nitrogen and oxygen atoms in total. The molecule has 3 heteroatoms. The molecule has 0 amide bonds. The Morgan fingerprint density at radius 1 is 1.17 bits per heavy atom. The molecule has 2 aromatic rings. The summed E-state index contributed by atoms with van der Waals surface area (Å²) >= 11 is 0. The molecule has 2 aromatic carbocycles. The number of allylic oxidation sites excluding steroid dienone is 1. The summed E-state index contributed by atoms with van der Waals surface area (Å²) < 4.78 is 26.6. The summed E-state index contributed by atoms with van der Waals surface area (Å²) in [7, 11) is 0. The van der Waals surface area contributed by atoms with E-state index in [1.54, 1.807) is 0 Å². The molecular weight excluding hydrogens is 357 g/mol. The van der Waals surface area contributed by atoms with Crippen LogP contribution in [-0.2, 0) is 6.42 Å². The van der Waals surface area contributed by atoms with Gasteiger partial charge in [-0.15, -0.1) is 0 Å². The van der Waals surface area contributed by atoms with Crippen LogP contribution in [0.3, 0.4) is 0 Å². The summed E-state index contributed by atoms with van der Waals surface area (Å²) in [5, 5.41) is 0. The van der Waals surface area contributed by atoms with Gasteiger partial charge in [0.2, 0.25) is 0 Å². The van der Waals surface area contributed by atoms with Crippen molar-refractivity contribution in [1.29, 1.82) is 0 Å². The quantitative estimate of drug-likeness (QED) is 0.515. The molecule has 0 spiro atoms. The summed E-state index contributed by atoms with van der Waals surface area (Å²) in [6.45, 7) is 9.88. The molecule has 0 N–H and O–H groups in total. The predicted octanol–water partition coefficient (Wildman–Crippen LogP) is 4.22. The average Bonchev–Trinajstić information content (AvgIpc) is 3.44. The minimum atomic E-state index is -0.556. The van der Waals surface area contributed by atoms with Crippen molar-refractivity contribution >= 4 is 0 Å². The number of halogens is 2. The third-order valence-corrected chi connectivity index (χ3v) is 6.08. The molecule has 2 fully saturated rings. The molecule has 0 bridgehead atoms. The van der Waals surface area contributed by atoms with Crippen molar-refractivity contribution in [2.75, 3.05) is 0 Å². The summed E-state index contributed by atoms with van der Waals surface area (Å²) in [6.07, 6.45) is 8.77. The largest absolute Gasteiger partial charge is 1.00 e. The molecule has 29 heavy (non-hydrogen) atoms. The Morgan fingerprint density at radius 2 is 1.83 bits per heavy atom. The first-order valence-corrected chi connectivity index (χ1v) is 10.1. The summed E-state index contributed by atoms with van der Waals surface area (Å²) in [5.41, 5.74) is 2.60. The van der Waals surface area contributed by atoms with E-state index in [2.05, 4.69) is 32.9 Å². The Kier molecular flexibility index (Phi) is 8.74. The predicted molar refractivity (Wildman–Crippen MR) is 113 cm³/mol. The molecule has 0 radical (unpaired) electrons. The van der Waals surface area contributed by atoms with E-state index in [0.29, 0.717) is 36.7 Å². The molecule has 1 unspecified atom stereocenters. The Bertz CT molecular complexity index is 777. The van der Waals surface area contributed by atoms with E-state index in [9.17, 15) is 8.78 Å². The minimum absolute atomic E-state index is 0. The maximum Gasteiger partial charge on any atom is 1.00 e. The summed E-state index contributed by atoms with van der Waals surface area (Å²) in [6, 6.07) is 15.4. The molecular formula is C26H29F2Li-2. The van der Waals surface area contributed by atoms with E-state index in [-0.39, 0.29) is 30.1 Å². The number of hydrogen-bond donors (Lipinski definition) is 0. The molecule has 0 aromatic heterocycles. The smallest absolute Gasteiger partial charge is 0.501 e. The van der Waals surface area contributed by atoms with Crippen molar-refractivity contribution in [3.8, 4) is 11.1 Å². The first-order valence-electron chi connectivity index (χ1n) is 10.1. The van der Waals surface area contributed by atoms with Gasteiger partial charge in [0.15, 0.2) is 0 Å². The second kappa shape index (κ2) is 10.6. The minimum Gasteiger partial charge on any atom is -0.501 e. The zero-order chi connectivity index (χ0) is 20.1. The van der Waals surface area contributed by atoms with E-state index in [1.165, 1.54) is 12.8 Å². The van der Waals surface area contributed by atoms with Gasteiger partial charge in [0.1, 0.15) is 5.82 Å². The summed E-state index contributed by atoms with van der Waals surface area (Å²) in [4.78, 5) is 0. The number of alkyl halides is 1. The first-order chi connectivity index (χ1) is 13.4. The molecule has 0 aliphatic heterocycles. The normalized spacial score (nSPS) is 22.2. The maximum atomic E-state index is 14.7. The van der Waals surface area contributed by atoms with Crippen molar-refractivity contribution < 1.29 is 27.6 Å². The van der Waals surface area contributed by atoms with Crippen molar-refractivity contribution in [2.24, 2.45) is 17.3 Å². The second-order valence-corrected chi connectivity index (χ2v) is 8.21. The van der Waals surface area contributed by atoms with Crippen LogP contribution in [0.1, 0.15) is 38.2 Å². The van der Waals surface area contributed by atoms with Crippen molar-refractivity contribution in [1.82, 2.24) is 0 Å². The van der Waals surface area contributed by atoms with E-state index in [0.717, 1.165) is 11.1 Å². The van der Waals surface area contributed by atoms with Crippen molar-refractivity contribution in [3.05, 3.63) is 85.9 Å². The Labute approximate surface area is 187 Å². The maximum absolute atomic E-state index is 14.7. The van der Waals surface area contributed by atoms with E-state index in [1.807, 2.05) is 48.5 Å². The molecule has 4 rings (SSSR count). The molecule has 150 valence electrons. The number of benzene rings is 2. The van der Waals surface area contributed by atoms with Gasteiger partial charge < -0.3 is 19.4 Å². The van der Waals surface area contributed by atoms with Gasteiger partial charge in [-0.2, -0.15) is 23.7 Å². The zero-order valence-electron chi connectivity index (χ0n) is 17.6. The third kappa shape index (κ3) is 6.31. The fraction of sp³-hybridized carbons (Fsp3) is 0.385. The molecule has 1 atom stereocenters. The van der Waals surface area contributed by atoms with Gasteiger partial charge in [0.25, 0.3) is 0 Å². The van der Waals surface area contributed by atoms with Crippen LogP contribution in [0.25, 0.3) is 11.1 Å². The zero-order valence-corrected chi connectivity index (χ0v) is 17.6. The van der Waals surface area contributed by atoms with E-state index in [4.69, 9.17) is 0 Å². The van der Waals surface area contributed by atoms with Crippen LogP contribution < -0.4 is 18.9 Å². The summed E-state index contributed by atoms with van der Waals surface area (Å²) in [5.74, 6) is 0.702. The standard InChI is InChI=1S/C20H21F.C6H8F.Li/c1-15(20(2)13-14-20)11-12-17-9-6-10-18(19(17)21)16-7-4-3-5-8-16;1-2-5-3-6(7)4-5;/h3-11,15H,2,12-14H2,1H3;5-6H,1,3-4H2;/q-2;-1;+1.